The van der Waals surface area contributed by atoms with Gasteiger partial charge >= 0.3 is 0 Å². The average Bonchev–Trinajstić information content (AvgIpc) is 3.39. The van der Waals surface area contributed by atoms with Crippen molar-refractivity contribution in [1.82, 2.24) is 9.88 Å². The average molecular weight is 382 g/mol. The van der Waals surface area contributed by atoms with Crippen LogP contribution in [-0.4, -0.2) is 28.9 Å². The van der Waals surface area contributed by atoms with Crippen molar-refractivity contribution in [3.63, 3.8) is 0 Å². The van der Waals surface area contributed by atoms with Crippen LogP contribution in [0.25, 0.3) is 11.3 Å². The molecule has 0 aliphatic carbocycles. The van der Waals surface area contributed by atoms with Crippen LogP contribution in [0.3, 0.4) is 0 Å². The quantitative estimate of drug-likeness (QED) is 0.686. The zero-order chi connectivity index (χ0) is 18.6. The summed E-state index contributed by atoms with van der Waals surface area (Å²) < 4.78 is 5.78. The Morgan fingerprint density at radius 1 is 1.07 bits per heavy atom. The summed E-state index contributed by atoms with van der Waals surface area (Å²) in [6, 6.07) is 15.0. The standard InChI is InChI=1S/C21H20ClN3O2/c22-17-7-3-15(4-8-17)19-13-24-20(27-19)14-23-18-9-5-16(6-10-18)21(26)25-11-1-2-12-25/h3-10,13,23H,1-2,11-12,14H2. The van der Waals surface area contributed by atoms with E-state index in [1.165, 1.54) is 0 Å². The van der Waals surface area contributed by atoms with Gasteiger partial charge < -0.3 is 14.6 Å². The molecule has 27 heavy (non-hydrogen) atoms. The number of nitrogens with zero attached hydrogens (tertiary/aromatic N) is 2. The van der Waals surface area contributed by atoms with E-state index in [1.807, 2.05) is 53.4 Å². The molecule has 1 amide bonds. The minimum Gasteiger partial charge on any atom is -0.439 e. The van der Waals surface area contributed by atoms with Gasteiger partial charge in [0.2, 0.25) is 5.89 Å². The number of oxazole rings is 1. The molecule has 5 nitrogen and oxygen atoms in total. The smallest absolute Gasteiger partial charge is 0.253 e. The first-order valence-corrected chi connectivity index (χ1v) is 9.41. The Labute approximate surface area is 163 Å². The zero-order valence-corrected chi connectivity index (χ0v) is 15.6. The summed E-state index contributed by atoms with van der Waals surface area (Å²) in [7, 11) is 0. The van der Waals surface area contributed by atoms with Crippen LogP contribution in [0.15, 0.2) is 59.1 Å². The number of hydrogen-bond donors (Lipinski definition) is 1. The molecule has 0 bridgehead atoms. The van der Waals surface area contributed by atoms with Crippen LogP contribution in [-0.2, 0) is 6.54 Å². The van der Waals surface area contributed by atoms with Crippen LogP contribution in [0.4, 0.5) is 5.69 Å². The molecule has 1 aliphatic heterocycles. The van der Waals surface area contributed by atoms with Crippen LogP contribution in [0.2, 0.25) is 5.02 Å². The minimum absolute atomic E-state index is 0.111. The molecule has 1 saturated heterocycles. The molecular formula is C21H20ClN3O2. The monoisotopic (exact) mass is 381 g/mol. The fourth-order valence-electron chi connectivity index (χ4n) is 3.15. The first kappa shape index (κ1) is 17.6. The van der Waals surface area contributed by atoms with E-state index < -0.39 is 0 Å². The van der Waals surface area contributed by atoms with Gasteiger partial charge in [-0.1, -0.05) is 11.6 Å². The maximum atomic E-state index is 12.4. The van der Waals surface area contributed by atoms with Crippen LogP contribution >= 0.6 is 11.6 Å². The molecule has 0 unspecified atom stereocenters. The number of carbonyl (C=O) groups excluding carboxylic acids is 1. The largest absolute Gasteiger partial charge is 0.439 e. The van der Waals surface area contributed by atoms with Crippen molar-refractivity contribution < 1.29 is 9.21 Å². The molecule has 1 aromatic heterocycles. The van der Waals surface area contributed by atoms with Crippen LogP contribution < -0.4 is 5.32 Å². The Hall–Kier alpha value is -2.79. The summed E-state index contributed by atoms with van der Waals surface area (Å²) in [5, 5.41) is 3.96. The minimum atomic E-state index is 0.111. The zero-order valence-electron chi connectivity index (χ0n) is 14.8. The molecule has 1 fully saturated rings. The third-order valence-electron chi connectivity index (χ3n) is 4.65. The Morgan fingerprint density at radius 3 is 2.48 bits per heavy atom. The number of anilines is 1. The van der Waals surface area contributed by atoms with Crippen molar-refractivity contribution in [3.05, 3.63) is 71.2 Å². The normalized spacial score (nSPS) is 13.7. The third-order valence-corrected chi connectivity index (χ3v) is 4.90. The van der Waals surface area contributed by atoms with Gasteiger partial charge in [0.05, 0.1) is 12.7 Å². The number of benzene rings is 2. The van der Waals surface area contributed by atoms with E-state index in [2.05, 4.69) is 10.3 Å². The van der Waals surface area contributed by atoms with Gasteiger partial charge in [0.15, 0.2) is 5.76 Å². The molecule has 0 atom stereocenters. The van der Waals surface area contributed by atoms with E-state index in [0.717, 1.165) is 42.7 Å². The van der Waals surface area contributed by atoms with E-state index in [9.17, 15) is 4.79 Å². The van der Waals surface area contributed by atoms with Gasteiger partial charge in [-0.05, 0) is 61.4 Å². The van der Waals surface area contributed by atoms with Gasteiger partial charge in [-0.25, -0.2) is 4.98 Å². The topological polar surface area (TPSA) is 58.4 Å². The lowest BCUT2D eigenvalue weighted by Crippen LogP contribution is -2.27. The number of rotatable bonds is 5. The van der Waals surface area contributed by atoms with E-state index in [4.69, 9.17) is 16.0 Å². The van der Waals surface area contributed by atoms with Gasteiger partial charge in [0, 0.05) is 34.9 Å². The van der Waals surface area contributed by atoms with Crippen LogP contribution in [0.5, 0.6) is 0 Å². The number of carbonyl (C=O) groups is 1. The summed E-state index contributed by atoms with van der Waals surface area (Å²) in [4.78, 5) is 18.6. The van der Waals surface area contributed by atoms with Gasteiger partial charge in [0.1, 0.15) is 0 Å². The number of halogens is 1. The van der Waals surface area contributed by atoms with E-state index in [-0.39, 0.29) is 5.91 Å². The highest BCUT2D eigenvalue weighted by molar-refractivity contribution is 6.30. The number of amides is 1. The second-order valence-electron chi connectivity index (χ2n) is 6.56. The number of hydrogen-bond acceptors (Lipinski definition) is 4. The lowest BCUT2D eigenvalue weighted by molar-refractivity contribution is 0.0793. The molecule has 1 N–H and O–H groups in total. The molecule has 0 spiro atoms. The van der Waals surface area contributed by atoms with Gasteiger partial charge in [0.25, 0.3) is 5.91 Å². The lowest BCUT2D eigenvalue weighted by atomic mass is 10.2. The summed E-state index contributed by atoms with van der Waals surface area (Å²) in [5.41, 5.74) is 2.57. The molecule has 4 rings (SSSR count). The summed E-state index contributed by atoms with van der Waals surface area (Å²) in [5.74, 6) is 1.41. The molecule has 3 aromatic rings. The molecule has 2 aromatic carbocycles. The second-order valence-corrected chi connectivity index (χ2v) is 6.99. The van der Waals surface area contributed by atoms with Crippen molar-refractivity contribution in [2.45, 2.75) is 19.4 Å². The first-order chi connectivity index (χ1) is 13.2. The summed E-state index contributed by atoms with van der Waals surface area (Å²) >= 11 is 5.91. The van der Waals surface area contributed by atoms with E-state index in [1.54, 1.807) is 6.20 Å². The Morgan fingerprint density at radius 2 is 1.78 bits per heavy atom. The van der Waals surface area contributed by atoms with Crippen LogP contribution in [0, 0.1) is 0 Å². The molecule has 0 radical (unpaired) electrons. The Bertz CT molecular complexity index is 913. The maximum Gasteiger partial charge on any atom is 0.253 e. The highest BCUT2D eigenvalue weighted by atomic mass is 35.5. The molecule has 6 heteroatoms. The number of aromatic nitrogens is 1. The molecule has 138 valence electrons. The SMILES string of the molecule is O=C(c1ccc(NCc2ncc(-c3ccc(Cl)cc3)o2)cc1)N1CCCC1. The molecule has 0 saturated carbocycles. The highest BCUT2D eigenvalue weighted by Gasteiger charge is 2.19. The second kappa shape index (κ2) is 7.84. The number of nitrogens with one attached hydrogen (secondary N) is 1. The summed E-state index contributed by atoms with van der Waals surface area (Å²) in [6.45, 7) is 2.19. The van der Waals surface area contributed by atoms with Crippen molar-refractivity contribution in [3.8, 4) is 11.3 Å². The Kier molecular flexibility index (Phi) is 5.12. The fourth-order valence-corrected chi connectivity index (χ4v) is 3.28. The predicted molar refractivity (Wildman–Crippen MR) is 106 cm³/mol. The number of likely N-dealkylation sites (tertiary alicyclic amines) is 1. The molecule has 2 heterocycles. The molecule has 1 aliphatic rings. The van der Waals surface area contributed by atoms with Crippen LogP contribution in [0.1, 0.15) is 29.1 Å². The van der Waals surface area contributed by atoms with E-state index >= 15 is 0 Å². The molecular weight excluding hydrogens is 362 g/mol. The van der Waals surface area contributed by atoms with Gasteiger partial charge in [-0.2, -0.15) is 0 Å². The van der Waals surface area contributed by atoms with Gasteiger partial charge in [-0.15, -0.1) is 0 Å². The van der Waals surface area contributed by atoms with Crippen molar-refractivity contribution in [2.75, 3.05) is 18.4 Å². The predicted octanol–water partition coefficient (Wildman–Crippen LogP) is 4.84. The lowest BCUT2D eigenvalue weighted by Gasteiger charge is -2.15. The fraction of sp³-hybridized carbons (Fsp3) is 0.238. The highest BCUT2D eigenvalue weighted by Crippen LogP contribution is 2.23. The first-order valence-electron chi connectivity index (χ1n) is 9.03. The van der Waals surface area contributed by atoms with Crippen molar-refractivity contribution in [2.24, 2.45) is 0 Å². The van der Waals surface area contributed by atoms with Gasteiger partial charge in [-0.3, -0.25) is 4.79 Å². The van der Waals surface area contributed by atoms with Crippen molar-refractivity contribution >= 4 is 23.2 Å². The summed E-state index contributed by atoms with van der Waals surface area (Å²) in [6.07, 6.45) is 3.90. The van der Waals surface area contributed by atoms with Crippen molar-refractivity contribution in [1.29, 1.82) is 0 Å². The Balaban J connectivity index is 1.36. The third kappa shape index (κ3) is 4.14. The van der Waals surface area contributed by atoms with E-state index in [0.29, 0.717) is 23.2 Å². The maximum absolute atomic E-state index is 12.4.